The van der Waals surface area contributed by atoms with E-state index in [-0.39, 0.29) is 37.2 Å². The van der Waals surface area contributed by atoms with Crippen LogP contribution < -0.4 is 5.32 Å². The van der Waals surface area contributed by atoms with Crippen molar-refractivity contribution in [1.82, 2.24) is 10.2 Å². The van der Waals surface area contributed by atoms with Gasteiger partial charge in [-0.3, -0.25) is 14.5 Å². The standard InChI is InChI=1S/C16H25F3N2O3/c1-24-15(23)11-5-7-21(8-6-11)10-14(22)20-13-4-2-3-12(9-13)16(17,18)19/h11-13H,2-10H2,1H3,(H,20,22). The van der Waals surface area contributed by atoms with Crippen molar-refractivity contribution in [2.75, 3.05) is 26.7 Å². The van der Waals surface area contributed by atoms with Gasteiger partial charge in [-0.25, -0.2) is 0 Å². The highest BCUT2D eigenvalue weighted by Gasteiger charge is 2.42. The van der Waals surface area contributed by atoms with Gasteiger partial charge in [-0.1, -0.05) is 6.42 Å². The molecule has 1 aliphatic carbocycles. The number of ether oxygens (including phenoxy) is 1. The number of piperidine rings is 1. The molecule has 2 aliphatic rings. The summed E-state index contributed by atoms with van der Waals surface area (Å²) in [6, 6.07) is -0.398. The Kier molecular flexibility index (Phi) is 6.48. The van der Waals surface area contributed by atoms with Crippen molar-refractivity contribution in [3.05, 3.63) is 0 Å². The topological polar surface area (TPSA) is 58.6 Å². The van der Waals surface area contributed by atoms with Gasteiger partial charge in [0.2, 0.25) is 5.91 Å². The van der Waals surface area contributed by atoms with Gasteiger partial charge in [0.1, 0.15) is 0 Å². The number of carbonyl (C=O) groups is 2. The minimum Gasteiger partial charge on any atom is -0.469 e. The summed E-state index contributed by atoms with van der Waals surface area (Å²) >= 11 is 0. The summed E-state index contributed by atoms with van der Waals surface area (Å²) in [5, 5.41) is 2.74. The number of rotatable bonds is 4. The van der Waals surface area contributed by atoms with Gasteiger partial charge in [0, 0.05) is 6.04 Å². The minimum atomic E-state index is -4.18. The van der Waals surface area contributed by atoms with E-state index in [9.17, 15) is 22.8 Å². The molecule has 1 saturated carbocycles. The van der Waals surface area contributed by atoms with Crippen molar-refractivity contribution in [3.63, 3.8) is 0 Å². The maximum absolute atomic E-state index is 12.8. The number of hydrogen-bond acceptors (Lipinski definition) is 4. The van der Waals surface area contributed by atoms with E-state index in [0.717, 1.165) is 0 Å². The van der Waals surface area contributed by atoms with Crippen LogP contribution in [0.1, 0.15) is 38.5 Å². The van der Waals surface area contributed by atoms with E-state index in [0.29, 0.717) is 38.8 Å². The second-order valence-electron chi connectivity index (χ2n) is 6.74. The summed E-state index contributed by atoms with van der Waals surface area (Å²) in [5.41, 5.74) is 0. The van der Waals surface area contributed by atoms with Gasteiger partial charge in [-0.05, 0) is 45.2 Å². The predicted molar refractivity (Wildman–Crippen MR) is 81.1 cm³/mol. The first kappa shape index (κ1) is 19.0. The number of alkyl halides is 3. The van der Waals surface area contributed by atoms with Crippen molar-refractivity contribution in [2.24, 2.45) is 11.8 Å². The summed E-state index contributed by atoms with van der Waals surface area (Å²) in [7, 11) is 1.36. The number of nitrogens with one attached hydrogen (secondary N) is 1. The normalized spacial score (nSPS) is 26.8. The van der Waals surface area contributed by atoms with Crippen LogP contribution in [0.3, 0.4) is 0 Å². The number of carbonyl (C=O) groups excluding carboxylic acids is 2. The lowest BCUT2D eigenvalue weighted by atomic mass is 9.85. The molecule has 2 unspecified atom stereocenters. The zero-order chi connectivity index (χ0) is 17.7. The molecule has 2 fully saturated rings. The lowest BCUT2D eigenvalue weighted by Gasteiger charge is -2.33. The molecule has 5 nitrogen and oxygen atoms in total. The lowest BCUT2D eigenvalue weighted by molar-refractivity contribution is -0.184. The van der Waals surface area contributed by atoms with Crippen LogP contribution in [0.2, 0.25) is 0 Å². The van der Waals surface area contributed by atoms with Crippen molar-refractivity contribution in [3.8, 4) is 0 Å². The van der Waals surface area contributed by atoms with E-state index in [2.05, 4.69) is 5.32 Å². The fourth-order valence-corrected chi connectivity index (χ4v) is 3.59. The van der Waals surface area contributed by atoms with Gasteiger partial charge in [-0.15, -0.1) is 0 Å². The number of esters is 1. The van der Waals surface area contributed by atoms with Crippen molar-refractivity contribution >= 4 is 11.9 Å². The van der Waals surface area contributed by atoms with Crippen LogP contribution in [-0.4, -0.2) is 55.7 Å². The molecule has 138 valence electrons. The Morgan fingerprint density at radius 3 is 2.42 bits per heavy atom. The summed E-state index contributed by atoms with van der Waals surface area (Å²) in [6.07, 6.45) is -1.70. The highest BCUT2D eigenvalue weighted by Crippen LogP contribution is 2.37. The first-order valence-electron chi connectivity index (χ1n) is 8.46. The number of halogens is 3. The van der Waals surface area contributed by atoms with Gasteiger partial charge in [0.05, 0.1) is 25.5 Å². The van der Waals surface area contributed by atoms with E-state index in [4.69, 9.17) is 4.74 Å². The Labute approximate surface area is 139 Å². The predicted octanol–water partition coefficient (Wildman–Crippen LogP) is 2.11. The molecule has 1 saturated heterocycles. The molecule has 1 heterocycles. The zero-order valence-corrected chi connectivity index (χ0v) is 13.9. The average molecular weight is 350 g/mol. The second kappa shape index (κ2) is 8.18. The Morgan fingerprint density at radius 2 is 1.83 bits per heavy atom. The summed E-state index contributed by atoms with van der Waals surface area (Å²) in [4.78, 5) is 25.5. The summed E-state index contributed by atoms with van der Waals surface area (Å²) in [5.74, 6) is -1.90. The molecule has 24 heavy (non-hydrogen) atoms. The Hall–Kier alpha value is -1.31. The maximum Gasteiger partial charge on any atom is 0.391 e. The third-order valence-electron chi connectivity index (χ3n) is 4.99. The second-order valence-corrected chi connectivity index (χ2v) is 6.74. The number of methoxy groups -OCH3 is 1. The maximum atomic E-state index is 12.8. The summed E-state index contributed by atoms with van der Waals surface area (Å²) < 4.78 is 43.1. The third-order valence-corrected chi connectivity index (χ3v) is 4.99. The molecule has 0 spiro atoms. The summed E-state index contributed by atoms with van der Waals surface area (Å²) in [6.45, 7) is 1.40. The van der Waals surface area contributed by atoms with Crippen LogP contribution in [0, 0.1) is 11.8 Å². The lowest BCUT2D eigenvalue weighted by Crippen LogP contribution is -2.47. The molecule has 2 rings (SSSR count). The molecule has 2 atom stereocenters. The van der Waals surface area contributed by atoms with Crippen LogP contribution in [-0.2, 0) is 14.3 Å². The van der Waals surface area contributed by atoms with Crippen LogP contribution in [0.15, 0.2) is 0 Å². The van der Waals surface area contributed by atoms with Gasteiger partial charge >= 0.3 is 12.1 Å². The van der Waals surface area contributed by atoms with Crippen LogP contribution in [0.25, 0.3) is 0 Å². The van der Waals surface area contributed by atoms with E-state index < -0.39 is 18.1 Å². The van der Waals surface area contributed by atoms with E-state index >= 15 is 0 Å². The molecule has 0 aromatic rings. The van der Waals surface area contributed by atoms with E-state index in [1.54, 1.807) is 0 Å². The molecule has 0 bridgehead atoms. The first-order valence-corrected chi connectivity index (χ1v) is 8.46. The molecule has 0 radical (unpaired) electrons. The van der Waals surface area contributed by atoms with E-state index in [1.807, 2.05) is 4.90 Å². The quantitative estimate of drug-likeness (QED) is 0.789. The number of amides is 1. The highest BCUT2D eigenvalue weighted by molar-refractivity contribution is 5.78. The minimum absolute atomic E-state index is 0.0281. The Morgan fingerprint density at radius 1 is 1.17 bits per heavy atom. The molecular formula is C16H25F3N2O3. The highest BCUT2D eigenvalue weighted by atomic mass is 19.4. The average Bonchev–Trinajstić information content (AvgIpc) is 2.54. The fourth-order valence-electron chi connectivity index (χ4n) is 3.59. The first-order chi connectivity index (χ1) is 11.3. The van der Waals surface area contributed by atoms with Crippen LogP contribution >= 0.6 is 0 Å². The molecule has 0 aromatic heterocycles. The molecule has 1 N–H and O–H groups in total. The van der Waals surface area contributed by atoms with Crippen molar-refractivity contribution in [2.45, 2.75) is 50.7 Å². The zero-order valence-electron chi connectivity index (χ0n) is 13.9. The molecule has 1 amide bonds. The molecule has 8 heteroatoms. The van der Waals surface area contributed by atoms with Crippen LogP contribution in [0.5, 0.6) is 0 Å². The van der Waals surface area contributed by atoms with Gasteiger partial charge in [0.25, 0.3) is 0 Å². The van der Waals surface area contributed by atoms with Crippen molar-refractivity contribution < 1.29 is 27.5 Å². The fraction of sp³-hybridized carbons (Fsp3) is 0.875. The monoisotopic (exact) mass is 350 g/mol. The van der Waals surface area contributed by atoms with Gasteiger partial charge < -0.3 is 10.1 Å². The third kappa shape index (κ3) is 5.36. The number of likely N-dealkylation sites (tertiary alicyclic amines) is 1. The molecule has 1 aliphatic heterocycles. The molecule has 0 aromatic carbocycles. The van der Waals surface area contributed by atoms with Crippen molar-refractivity contribution in [1.29, 1.82) is 0 Å². The Bertz CT molecular complexity index is 448. The van der Waals surface area contributed by atoms with Crippen LogP contribution in [0.4, 0.5) is 13.2 Å². The smallest absolute Gasteiger partial charge is 0.391 e. The SMILES string of the molecule is COC(=O)C1CCN(CC(=O)NC2CCCC(C(F)(F)F)C2)CC1. The van der Waals surface area contributed by atoms with E-state index in [1.165, 1.54) is 7.11 Å². The molecular weight excluding hydrogens is 325 g/mol. The number of hydrogen-bond donors (Lipinski definition) is 1. The largest absolute Gasteiger partial charge is 0.469 e. The van der Waals surface area contributed by atoms with Gasteiger partial charge in [-0.2, -0.15) is 13.2 Å². The number of nitrogens with zero attached hydrogens (tertiary/aromatic N) is 1. The van der Waals surface area contributed by atoms with Gasteiger partial charge in [0.15, 0.2) is 0 Å². The Balaban J connectivity index is 1.73.